The van der Waals surface area contributed by atoms with Gasteiger partial charge in [0.25, 0.3) is 0 Å². The Hall–Kier alpha value is -18.6. The van der Waals surface area contributed by atoms with Crippen LogP contribution in [0.3, 0.4) is 0 Å². The first-order valence-electron chi connectivity index (χ1n) is 47.6. The molecule has 0 unspecified atom stereocenters. The van der Waals surface area contributed by atoms with Crippen LogP contribution in [0.2, 0.25) is 0 Å². The van der Waals surface area contributed by atoms with Crippen LogP contribution in [0.5, 0.6) is 0 Å². The molecule has 0 radical (unpaired) electrons. The van der Waals surface area contributed by atoms with Crippen LogP contribution in [0.1, 0.15) is 0 Å². The Morgan fingerprint density at radius 3 is 0.892 bits per heavy atom. The lowest BCUT2D eigenvalue weighted by molar-refractivity contribution is 0.670. The van der Waals surface area contributed by atoms with E-state index in [1.807, 2.05) is 0 Å². The molecule has 0 N–H and O–H groups in total. The molecule has 27 aromatic rings. The Morgan fingerprint density at radius 2 is 0.453 bits per heavy atom. The van der Waals surface area contributed by atoms with E-state index in [0.717, 1.165) is 239 Å². The number of aromatic nitrogens is 2. The molecule has 0 atom stereocenters. The van der Waals surface area contributed by atoms with Crippen LogP contribution >= 0.6 is 0 Å². The van der Waals surface area contributed by atoms with Gasteiger partial charge in [-0.1, -0.05) is 352 Å². The van der Waals surface area contributed by atoms with E-state index >= 15 is 0 Å². The predicted octanol–water partition coefficient (Wildman–Crippen LogP) is 37.1. The van der Waals surface area contributed by atoms with Crippen LogP contribution < -0.4 is 9.80 Å². The van der Waals surface area contributed by atoms with Gasteiger partial charge >= 0.3 is 0 Å². The Bertz CT molecular complexity index is 9670. The molecule has 0 amide bonds. The highest BCUT2D eigenvalue weighted by Crippen LogP contribution is 2.56. The Kier molecular flexibility index (Phi) is 17.4. The molecule has 22 aromatic carbocycles. The zero-order valence-corrected chi connectivity index (χ0v) is 75.2. The Morgan fingerprint density at radius 1 is 0.151 bits per heavy atom. The van der Waals surface area contributed by atoms with Crippen molar-refractivity contribution in [3.05, 3.63) is 485 Å². The first-order chi connectivity index (χ1) is 68.9. The summed E-state index contributed by atoms with van der Waals surface area (Å²) in [5.41, 5.74) is 44.7. The second-order valence-corrected chi connectivity index (χ2v) is 36.8. The maximum Gasteiger partial charge on any atom is 0.143 e. The largest absolute Gasteiger partial charge is 0.455 e. The monoisotopic (exact) mass is 1770 g/mol. The zero-order chi connectivity index (χ0) is 91.0. The third kappa shape index (κ3) is 12.3. The molecular formula is C132H80N4O3. The van der Waals surface area contributed by atoms with Gasteiger partial charge in [0, 0.05) is 138 Å². The quantitative estimate of drug-likeness (QED) is 0.109. The van der Waals surface area contributed by atoms with Crippen LogP contribution in [0, 0.1) is 0 Å². The second-order valence-electron chi connectivity index (χ2n) is 36.8. The maximum absolute atomic E-state index is 7.61. The summed E-state index contributed by atoms with van der Waals surface area (Å²) < 4.78 is 27.1. The van der Waals surface area contributed by atoms with E-state index in [0.29, 0.717) is 0 Å². The third-order valence-electron chi connectivity index (χ3n) is 29.2. The fourth-order valence-electron chi connectivity index (χ4n) is 22.8. The van der Waals surface area contributed by atoms with E-state index in [4.69, 9.17) is 13.3 Å². The van der Waals surface area contributed by atoms with E-state index in [1.165, 1.54) is 49.2 Å². The normalized spacial score (nSPS) is 12.0. The highest BCUT2D eigenvalue weighted by Gasteiger charge is 2.33. The lowest BCUT2D eigenvalue weighted by atomic mass is 9.91. The van der Waals surface area contributed by atoms with Crippen molar-refractivity contribution in [1.29, 1.82) is 0 Å². The van der Waals surface area contributed by atoms with Gasteiger partial charge in [0.15, 0.2) is 0 Å². The number of hydrogen-bond donors (Lipinski definition) is 0. The molecule has 29 rings (SSSR count). The van der Waals surface area contributed by atoms with Gasteiger partial charge < -0.3 is 32.2 Å². The highest BCUT2D eigenvalue weighted by molar-refractivity contribution is 6.25. The van der Waals surface area contributed by atoms with Crippen molar-refractivity contribution >= 4 is 144 Å². The minimum absolute atomic E-state index is 0.821. The van der Waals surface area contributed by atoms with Crippen molar-refractivity contribution in [3.8, 4) is 145 Å². The molecule has 7 heterocycles. The van der Waals surface area contributed by atoms with E-state index in [-0.39, 0.29) is 0 Å². The van der Waals surface area contributed by atoms with Crippen molar-refractivity contribution in [2.75, 3.05) is 9.80 Å². The topological polar surface area (TPSA) is 55.8 Å². The fraction of sp³-hybridized carbons (Fsp3) is 0. The number of anilines is 6. The van der Waals surface area contributed by atoms with Crippen LogP contribution in [-0.2, 0) is 0 Å². The standard InChI is InChI=1S/C132H80N4O3/c1-5-26-81(27-6-1)85-52-61-94(62-53-85)134(99-78-92(84-32-11-4-12-33-84)75-93(79-99)102-40-23-44-112-115-72-70-108-104-35-14-18-49-120(104)136-122-51-20-16-37-106(122)110-42-25-47-117(127(110)136)125(108)132(115)139-130(102)112)95-63-54-86(55-64-95)89-60-73-123-118(80-89)113-45-22-38-100(128(113)137-123)87-56-65-96(66-57-87)133(98-76-90(82-28-7-2-8-29-82)74-91(77-98)83-30-9-3-10-31-83)97-67-58-88(59-68-97)101-39-21-43-111-114-71-69-107-103-34-13-17-48-119(103)135-121-50-19-15-36-105(121)109-41-24-46-116(126(109)135)124(107)131(114)138-129(101)111/h1-80H. The Balaban J connectivity index is 0.522. The van der Waals surface area contributed by atoms with E-state index in [1.54, 1.807) is 0 Å². The summed E-state index contributed by atoms with van der Waals surface area (Å²) in [6, 6.07) is 177. The molecule has 5 aromatic heterocycles. The van der Waals surface area contributed by atoms with Crippen LogP contribution in [0.15, 0.2) is 499 Å². The van der Waals surface area contributed by atoms with Crippen molar-refractivity contribution < 1.29 is 13.3 Å². The van der Waals surface area contributed by atoms with Crippen molar-refractivity contribution in [3.63, 3.8) is 0 Å². The maximum atomic E-state index is 7.61. The lowest BCUT2D eigenvalue weighted by Gasteiger charge is -2.27. The molecule has 0 fully saturated rings. The Labute approximate surface area is 800 Å². The van der Waals surface area contributed by atoms with Gasteiger partial charge in [0.1, 0.15) is 33.5 Å². The number of nitrogens with zero attached hydrogens (tertiary/aromatic N) is 4. The minimum Gasteiger partial charge on any atom is -0.455 e. The second kappa shape index (κ2) is 31.0. The summed E-state index contributed by atoms with van der Waals surface area (Å²) in [5, 5.41) is 11.3. The van der Waals surface area contributed by atoms with Gasteiger partial charge in [-0.3, -0.25) is 0 Å². The average molecular weight is 1770 g/mol. The molecule has 0 saturated heterocycles. The van der Waals surface area contributed by atoms with E-state index < -0.39 is 0 Å². The van der Waals surface area contributed by atoms with Gasteiger partial charge in [-0.2, -0.15) is 0 Å². The summed E-state index contributed by atoms with van der Waals surface area (Å²) >= 11 is 0. The molecule has 7 heteroatoms. The molecule has 0 saturated carbocycles. The first-order valence-corrected chi connectivity index (χ1v) is 47.6. The predicted molar refractivity (Wildman–Crippen MR) is 579 cm³/mol. The van der Waals surface area contributed by atoms with Crippen LogP contribution in [-0.4, -0.2) is 9.13 Å². The van der Waals surface area contributed by atoms with Gasteiger partial charge in [0.2, 0.25) is 0 Å². The number of benzene rings is 22. The van der Waals surface area contributed by atoms with Gasteiger partial charge in [-0.25, -0.2) is 0 Å². The van der Waals surface area contributed by atoms with E-state index in [9.17, 15) is 0 Å². The molecule has 2 aliphatic rings. The minimum atomic E-state index is 0.821. The number of para-hydroxylation sites is 9. The zero-order valence-electron chi connectivity index (χ0n) is 75.2. The number of fused-ring (bicyclic) bond motifs is 27. The smallest absolute Gasteiger partial charge is 0.143 e. The van der Waals surface area contributed by atoms with Crippen molar-refractivity contribution in [2.45, 2.75) is 0 Å². The molecule has 0 spiro atoms. The first kappa shape index (κ1) is 78.0. The van der Waals surface area contributed by atoms with Gasteiger partial charge in [-0.05, 0) is 217 Å². The SMILES string of the molecule is c1ccc(-c2ccc(N(c3ccc(-c4ccc5oc6c(-c7ccc(N(c8ccc(-c9cccc%10c9oc9c%11c(ccc9%10)-c9ccccc9-n9c%10ccccc%10c%10cccc-%11c%109)cc8)c8cc(-c9ccccc9)cc(-c9ccccc9)c8)cc7)cccc6c5c4)cc3)c3cc(-c4ccccc4)cc(-c4cccc5c4oc4c6c(ccc45)-c4ccccc4-n4c5ccccc5c5cccc-6c54)c3)cc2)cc1. The summed E-state index contributed by atoms with van der Waals surface area (Å²) in [4.78, 5) is 4.80. The van der Waals surface area contributed by atoms with Crippen molar-refractivity contribution in [1.82, 2.24) is 9.13 Å². The molecule has 0 aliphatic carbocycles. The number of rotatable bonds is 14. The fourth-order valence-corrected chi connectivity index (χ4v) is 22.8. The number of hydrogen-bond acceptors (Lipinski definition) is 5. The van der Waals surface area contributed by atoms with Crippen molar-refractivity contribution in [2.24, 2.45) is 0 Å². The molecule has 139 heavy (non-hydrogen) atoms. The molecule has 0 bridgehead atoms. The van der Waals surface area contributed by atoms with Gasteiger partial charge in [-0.15, -0.1) is 0 Å². The average Bonchev–Trinajstić information content (AvgIpc) is 1.54. The summed E-state index contributed by atoms with van der Waals surface area (Å²) in [6.07, 6.45) is 0. The summed E-state index contributed by atoms with van der Waals surface area (Å²) in [6.45, 7) is 0. The van der Waals surface area contributed by atoms with Crippen LogP contribution in [0.25, 0.3) is 254 Å². The van der Waals surface area contributed by atoms with Gasteiger partial charge in [0.05, 0.1) is 33.4 Å². The van der Waals surface area contributed by atoms with E-state index in [2.05, 4.69) is 504 Å². The molecule has 7 nitrogen and oxygen atoms in total. The molecule has 646 valence electrons. The lowest BCUT2D eigenvalue weighted by Crippen LogP contribution is -2.10. The molecule has 2 aliphatic heterocycles. The summed E-state index contributed by atoms with van der Waals surface area (Å²) in [5.74, 6) is 0. The summed E-state index contributed by atoms with van der Waals surface area (Å²) in [7, 11) is 0. The third-order valence-corrected chi connectivity index (χ3v) is 29.2. The molecular weight excluding hydrogens is 1690 g/mol. The number of furan rings is 3. The van der Waals surface area contributed by atoms with Crippen LogP contribution in [0.4, 0.5) is 34.1 Å². The highest BCUT2D eigenvalue weighted by atomic mass is 16.3.